The molecule has 182 valence electrons. The van der Waals surface area contributed by atoms with Gasteiger partial charge in [0.15, 0.2) is 0 Å². The van der Waals surface area contributed by atoms with Gasteiger partial charge in [-0.15, -0.1) is 23.1 Å². The van der Waals surface area contributed by atoms with Gasteiger partial charge in [0.1, 0.15) is 5.70 Å². The van der Waals surface area contributed by atoms with E-state index < -0.39 is 21.8 Å². The number of hydrogen-bond acceptors (Lipinski definition) is 8. The Labute approximate surface area is 211 Å². The van der Waals surface area contributed by atoms with Crippen molar-refractivity contribution in [2.24, 2.45) is 0 Å². The van der Waals surface area contributed by atoms with Gasteiger partial charge >= 0.3 is 0 Å². The van der Waals surface area contributed by atoms with Crippen molar-refractivity contribution in [1.82, 2.24) is 15.3 Å². The maximum atomic E-state index is 13.0. The van der Waals surface area contributed by atoms with Gasteiger partial charge in [-0.1, -0.05) is 19.1 Å². The molecule has 12 heteroatoms. The first-order valence-electron chi connectivity index (χ1n) is 10.4. The van der Waals surface area contributed by atoms with Crippen molar-refractivity contribution in [3.63, 3.8) is 0 Å². The smallest absolute Gasteiger partial charge is 0.272 e. The van der Waals surface area contributed by atoms with E-state index in [1.54, 1.807) is 29.7 Å². The minimum atomic E-state index is -3.91. The van der Waals surface area contributed by atoms with Gasteiger partial charge in [0.05, 0.1) is 9.77 Å². The molecule has 9 nitrogen and oxygen atoms in total. The molecule has 0 radical (unpaired) electrons. The fraction of sp³-hybridized carbons (Fsp3) is 0.130. The molecule has 3 rings (SSSR count). The van der Waals surface area contributed by atoms with E-state index in [0.717, 1.165) is 10.7 Å². The van der Waals surface area contributed by atoms with Crippen molar-refractivity contribution in [1.29, 1.82) is 0 Å². The molecule has 2 aromatic heterocycles. The van der Waals surface area contributed by atoms with E-state index in [9.17, 15) is 18.0 Å². The summed E-state index contributed by atoms with van der Waals surface area (Å²) in [6, 6.07) is 10.6. The SMILES string of the molecule is CC=C(C=C(NC(=O)c1cccs1)C(=O)Nc1ccc(S(=O)(=O)Nc2ncccn2)cc1)SCC. The molecule has 0 aliphatic heterocycles. The van der Waals surface area contributed by atoms with Crippen LogP contribution in [0.4, 0.5) is 11.6 Å². The number of aromatic nitrogens is 2. The highest BCUT2D eigenvalue weighted by Gasteiger charge is 2.18. The van der Waals surface area contributed by atoms with E-state index in [-0.39, 0.29) is 16.5 Å². The van der Waals surface area contributed by atoms with Gasteiger partial charge in [-0.2, -0.15) is 0 Å². The number of carbonyl (C=O) groups is 2. The molecule has 0 fully saturated rings. The summed E-state index contributed by atoms with van der Waals surface area (Å²) < 4.78 is 27.4. The number of rotatable bonds is 10. The first-order chi connectivity index (χ1) is 16.8. The summed E-state index contributed by atoms with van der Waals surface area (Å²) >= 11 is 2.80. The largest absolute Gasteiger partial charge is 0.321 e. The van der Waals surface area contributed by atoms with Crippen LogP contribution in [0.2, 0.25) is 0 Å². The molecule has 3 aromatic rings. The minimum absolute atomic E-state index is 0.0275. The van der Waals surface area contributed by atoms with Crippen molar-refractivity contribution in [3.05, 3.63) is 87.9 Å². The first-order valence-corrected chi connectivity index (χ1v) is 13.7. The maximum Gasteiger partial charge on any atom is 0.272 e. The van der Waals surface area contributed by atoms with E-state index in [1.165, 1.54) is 59.8 Å². The van der Waals surface area contributed by atoms with Crippen LogP contribution in [0.5, 0.6) is 0 Å². The average Bonchev–Trinajstić information content (AvgIpc) is 3.39. The van der Waals surface area contributed by atoms with Crippen molar-refractivity contribution in [2.75, 3.05) is 15.8 Å². The second-order valence-electron chi connectivity index (χ2n) is 6.77. The van der Waals surface area contributed by atoms with Crippen LogP contribution in [-0.4, -0.2) is 36.0 Å². The van der Waals surface area contributed by atoms with Crippen molar-refractivity contribution < 1.29 is 18.0 Å². The Morgan fingerprint density at radius 1 is 1.09 bits per heavy atom. The number of allylic oxidation sites excluding steroid dienone is 2. The number of carbonyl (C=O) groups excluding carboxylic acids is 2. The molecule has 35 heavy (non-hydrogen) atoms. The lowest BCUT2D eigenvalue weighted by Crippen LogP contribution is -2.30. The van der Waals surface area contributed by atoms with Crippen LogP contribution in [0, 0.1) is 0 Å². The molecule has 1 aromatic carbocycles. The third-order valence-corrected chi connectivity index (χ3v) is 7.52. The molecule has 0 aliphatic carbocycles. The van der Waals surface area contributed by atoms with E-state index >= 15 is 0 Å². The number of sulfonamides is 1. The number of thiophene rings is 1. The molecule has 0 spiro atoms. The molecular formula is C23H23N5O4S3. The number of anilines is 2. The lowest BCUT2D eigenvalue weighted by atomic mass is 10.2. The lowest BCUT2D eigenvalue weighted by molar-refractivity contribution is -0.113. The summed E-state index contributed by atoms with van der Waals surface area (Å²) in [7, 11) is -3.91. The van der Waals surface area contributed by atoms with E-state index in [1.807, 2.05) is 19.9 Å². The topological polar surface area (TPSA) is 130 Å². The Kier molecular flexibility index (Phi) is 9.18. The highest BCUT2D eigenvalue weighted by Crippen LogP contribution is 2.20. The minimum Gasteiger partial charge on any atom is -0.321 e. The van der Waals surface area contributed by atoms with E-state index in [0.29, 0.717) is 10.6 Å². The van der Waals surface area contributed by atoms with Crippen molar-refractivity contribution >= 4 is 56.6 Å². The maximum absolute atomic E-state index is 13.0. The van der Waals surface area contributed by atoms with Crippen molar-refractivity contribution in [2.45, 2.75) is 18.7 Å². The Bertz CT molecular complexity index is 1320. The predicted molar refractivity (Wildman–Crippen MR) is 140 cm³/mol. The Morgan fingerprint density at radius 3 is 2.40 bits per heavy atom. The van der Waals surface area contributed by atoms with Crippen LogP contribution in [0.3, 0.4) is 0 Å². The number of hydrogen-bond donors (Lipinski definition) is 3. The summed E-state index contributed by atoms with van der Waals surface area (Å²) in [6.45, 7) is 3.83. The second-order valence-corrected chi connectivity index (χ2v) is 10.7. The van der Waals surface area contributed by atoms with Crippen LogP contribution in [-0.2, 0) is 14.8 Å². The van der Waals surface area contributed by atoms with Gasteiger partial charge in [0.2, 0.25) is 5.95 Å². The quantitative estimate of drug-likeness (QED) is 0.264. The monoisotopic (exact) mass is 529 g/mol. The second kappa shape index (κ2) is 12.3. The van der Waals surface area contributed by atoms with Crippen LogP contribution in [0.15, 0.2) is 87.9 Å². The normalized spacial score (nSPS) is 12.2. The van der Waals surface area contributed by atoms with E-state index in [4.69, 9.17) is 0 Å². The molecule has 0 saturated carbocycles. The van der Waals surface area contributed by atoms with E-state index in [2.05, 4.69) is 25.3 Å². The predicted octanol–water partition coefficient (Wildman–Crippen LogP) is 4.25. The highest BCUT2D eigenvalue weighted by molar-refractivity contribution is 8.03. The standard InChI is InChI=1S/C23H23N5O4S3/c1-3-17(33-4-2)15-19(27-22(30)20-7-5-14-34-20)21(29)26-16-8-10-18(11-9-16)35(31,32)28-23-24-12-6-13-25-23/h3,5-15H,4H2,1-2H3,(H,26,29)(H,27,30)(H,24,25,28). The van der Waals surface area contributed by atoms with Gasteiger partial charge < -0.3 is 10.6 Å². The zero-order valence-electron chi connectivity index (χ0n) is 18.9. The molecule has 2 heterocycles. The zero-order chi connectivity index (χ0) is 25.3. The highest BCUT2D eigenvalue weighted by atomic mass is 32.2. The van der Waals surface area contributed by atoms with Crippen LogP contribution >= 0.6 is 23.1 Å². The van der Waals surface area contributed by atoms with Crippen LogP contribution < -0.4 is 15.4 Å². The number of thioether (sulfide) groups is 1. The molecule has 3 N–H and O–H groups in total. The fourth-order valence-electron chi connectivity index (χ4n) is 2.71. The fourth-order valence-corrected chi connectivity index (χ4v) is 4.99. The molecular weight excluding hydrogens is 506 g/mol. The number of benzene rings is 1. The first kappa shape index (κ1) is 26.1. The number of amides is 2. The van der Waals surface area contributed by atoms with Crippen LogP contribution in [0.1, 0.15) is 23.5 Å². The van der Waals surface area contributed by atoms with Gasteiger partial charge in [0, 0.05) is 23.0 Å². The molecule has 0 aliphatic rings. The third kappa shape index (κ3) is 7.50. The number of nitrogens with zero attached hydrogens (tertiary/aromatic N) is 2. The van der Waals surface area contributed by atoms with Gasteiger partial charge in [-0.25, -0.2) is 23.1 Å². The van der Waals surface area contributed by atoms with Gasteiger partial charge in [0.25, 0.3) is 21.8 Å². The Hall–Kier alpha value is -3.48. The molecule has 0 atom stereocenters. The van der Waals surface area contributed by atoms with Crippen molar-refractivity contribution in [3.8, 4) is 0 Å². The van der Waals surface area contributed by atoms with Gasteiger partial charge in [-0.05, 0) is 60.5 Å². The zero-order valence-corrected chi connectivity index (χ0v) is 21.3. The third-order valence-electron chi connectivity index (χ3n) is 4.33. The van der Waals surface area contributed by atoms with Crippen LogP contribution in [0.25, 0.3) is 0 Å². The summed E-state index contributed by atoms with van der Waals surface area (Å²) in [5, 5.41) is 7.14. The molecule has 2 amide bonds. The Balaban J connectivity index is 1.77. The lowest BCUT2D eigenvalue weighted by Gasteiger charge is -2.12. The summed E-state index contributed by atoms with van der Waals surface area (Å²) in [4.78, 5) is 34.6. The summed E-state index contributed by atoms with van der Waals surface area (Å²) in [5.74, 6) is -0.195. The summed E-state index contributed by atoms with van der Waals surface area (Å²) in [6.07, 6.45) is 6.30. The molecule has 0 bridgehead atoms. The average molecular weight is 530 g/mol. The summed E-state index contributed by atoms with van der Waals surface area (Å²) in [5.41, 5.74) is 0.420. The number of nitrogens with one attached hydrogen (secondary N) is 3. The molecule has 0 saturated heterocycles. The van der Waals surface area contributed by atoms with Gasteiger partial charge in [-0.3, -0.25) is 9.59 Å². The molecule has 0 unspecified atom stereocenters. The Morgan fingerprint density at radius 2 is 1.80 bits per heavy atom.